The van der Waals surface area contributed by atoms with Crippen LogP contribution >= 0.6 is 0 Å². The van der Waals surface area contributed by atoms with E-state index < -0.39 is 5.82 Å². The van der Waals surface area contributed by atoms with Gasteiger partial charge in [-0.1, -0.05) is 0 Å². The lowest BCUT2D eigenvalue weighted by Crippen LogP contribution is -1.93. The van der Waals surface area contributed by atoms with Gasteiger partial charge in [-0.05, 0) is 19.1 Å². The number of nitrogens with one attached hydrogen (secondary N) is 1. The van der Waals surface area contributed by atoms with E-state index in [1.807, 2.05) is 0 Å². The Morgan fingerprint density at radius 2 is 2.21 bits per heavy atom. The van der Waals surface area contributed by atoms with Gasteiger partial charge in [0, 0.05) is 18.2 Å². The molecule has 72 valence electrons. The third kappa shape index (κ3) is 1.28. The first kappa shape index (κ1) is 8.87. The molecule has 0 fully saturated rings. The fourth-order valence-electron chi connectivity index (χ4n) is 1.32. The van der Waals surface area contributed by atoms with Crippen molar-refractivity contribution in [2.24, 2.45) is 0 Å². The first-order valence-electron chi connectivity index (χ1n) is 4.20. The summed E-state index contributed by atoms with van der Waals surface area (Å²) >= 11 is 0. The Morgan fingerprint density at radius 1 is 1.50 bits per heavy atom. The minimum atomic E-state index is -0.468. The van der Waals surface area contributed by atoms with Gasteiger partial charge < -0.3 is 9.83 Å². The van der Waals surface area contributed by atoms with Crippen molar-refractivity contribution in [1.29, 1.82) is 5.41 Å². The molecule has 0 saturated carbocycles. The highest BCUT2D eigenvalue weighted by molar-refractivity contribution is 5.98. The van der Waals surface area contributed by atoms with E-state index in [2.05, 4.69) is 4.98 Å². The zero-order chi connectivity index (χ0) is 10.3. The zero-order valence-electron chi connectivity index (χ0n) is 7.89. The fourth-order valence-corrected chi connectivity index (χ4v) is 1.32. The third-order valence-electron chi connectivity index (χ3n) is 1.98. The van der Waals surface area contributed by atoms with Crippen LogP contribution in [0, 0.1) is 18.2 Å². The van der Waals surface area contributed by atoms with Gasteiger partial charge in [0.2, 0.25) is 0 Å². The maximum atomic E-state index is 13.4. The Balaban J connectivity index is 2.77. The summed E-state index contributed by atoms with van der Waals surface area (Å²) in [5.74, 6) is -0.0385. The van der Waals surface area contributed by atoms with E-state index in [-0.39, 0.29) is 5.58 Å². The summed E-state index contributed by atoms with van der Waals surface area (Å²) in [6, 6.07) is 2.94. The molecule has 1 aromatic carbocycles. The largest absolute Gasteiger partial charge is 0.438 e. The van der Waals surface area contributed by atoms with Crippen molar-refractivity contribution < 1.29 is 8.81 Å². The van der Waals surface area contributed by atoms with Crippen molar-refractivity contribution in [2.45, 2.75) is 13.8 Å². The van der Waals surface area contributed by atoms with E-state index in [1.54, 1.807) is 19.9 Å². The Bertz CT molecular complexity index is 516. The minimum absolute atomic E-state index is 0.160. The van der Waals surface area contributed by atoms with E-state index in [0.29, 0.717) is 22.7 Å². The standard InChI is InChI=1S/C10H9FN2O/c1-5(12)7-3-8(11)10-9(4-7)13-6(2)14-10/h3-4,12H,1-2H3. The number of hydrogen-bond acceptors (Lipinski definition) is 3. The molecule has 1 aromatic heterocycles. The normalized spacial score (nSPS) is 10.8. The van der Waals surface area contributed by atoms with Gasteiger partial charge in [-0.3, -0.25) is 0 Å². The van der Waals surface area contributed by atoms with Crippen molar-refractivity contribution in [3.63, 3.8) is 0 Å². The van der Waals surface area contributed by atoms with Crippen molar-refractivity contribution >= 4 is 16.8 Å². The summed E-state index contributed by atoms with van der Waals surface area (Å²) in [5, 5.41) is 7.39. The smallest absolute Gasteiger partial charge is 0.192 e. The molecule has 0 aliphatic heterocycles. The zero-order valence-corrected chi connectivity index (χ0v) is 7.89. The minimum Gasteiger partial charge on any atom is -0.438 e. The van der Waals surface area contributed by atoms with Crippen molar-refractivity contribution in [2.75, 3.05) is 0 Å². The molecule has 1 heterocycles. The van der Waals surface area contributed by atoms with E-state index in [9.17, 15) is 4.39 Å². The molecule has 0 atom stereocenters. The fraction of sp³-hybridized carbons (Fsp3) is 0.200. The molecule has 14 heavy (non-hydrogen) atoms. The molecule has 0 aliphatic carbocycles. The number of benzene rings is 1. The molecule has 0 spiro atoms. The average molecular weight is 192 g/mol. The van der Waals surface area contributed by atoms with E-state index >= 15 is 0 Å². The highest BCUT2D eigenvalue weighted by Gasteiger charge is 2.10. The molecule has 0 saturated heterocycles. The molecular weight excluding hydrogens is 183 g/mol. The van der Waals surface area contributed by atoms with Crippen LogP contribution in [-0.4, -0.2) is 10.7 Å². The maximum Gasteiger partial charge on any atom is 0.192 e. The van der Waals surface area contributed by atoms with Gasteiger partial charge in [0.25, 0.3) is 0 Å². The van der Waals surface area contributed by atoms with Crippen LogP contribution in [0.25, 0.3) is 11.1 Å². The van der Waals surface area contributed by atoms with Crippen LogP contribution < -0.4 is 0 Å². The quantitative estimate of drug-likeness (QED) is 0.706. The van der Waals surface area contributed by atoms with Crippen LogP contribution in [0.1, 0.15) is 18.4 Å². The number of nitrogens with zero attached hydrogens (tertiary/aromatic N) is 1. The van der Waals surface area contributed by atoms with Crippen LogP contribution in [-0.2, 0) is 0 Å². The second kappa shape index (κ2) is 2.90. The summed E-state index contributed by atoms with van der Waals surface area (Å²) in [5.41, 5.74) is 1.46. The maximum absolute atomic E-state index is 13.4. The van der Waals surface area contributed by atoms with Crippen LogP contribution in [0.3, 0.4) is 0 Å². The second-order valence-electron chi connectivity index (χ2n) is 3.16. The summed E-state index contributed by atoms with van der Waals surface area (Å²) in [4.78, 5) is 4.01. The lowest BCUT2D eigenvalue weighted by Gasteiger charge is -1.97. The van der Waals surface area contributed by atoms with Gasteiger partial charge >= 0.3 is 0 Å². The number of hydrogen-bond donors (Lipinski definition) is 1. The molecule has 0 amide bonds. The highest BCUT2D eigenvalue weighted by atomic mass is 19.1. The highest BCUT2D eigenvalue weighted by Crippen LogP contribution is 2.20. The van der Waals surface area contributed by atoms with E-state index in [4.69, 9.17) is 9.83 Å². The van der Waals surface area contributed by atoms with Gasteiger partial charge in [-0.25, -0.2) is 9.37 Å². The van der Waals surface area contributed by atoms with Gasteiger partial charge in [-0.2, -0.15) is 0 Å². The number of aromatic nitrogens is 1. The predicted molar refractivity (Wildman–Crippen MR) is 51.2 cm³/mol. The summed E-state index contributed by atoms with van der Waals surface area (Å²) in [7, 11) is 0. The molecule has 0 bridgehead atoms. The summed E-state index contributed by atoms with van der Waals surface area (Å²) in [6.07, 6.45) is 0. The molecule has 1 N–H and O–H groups in total. The van der Waals surface area contributed by atoms with Gasteiger partial charge in [-0.15, -0.1) is 0 Å². The molecule has 2 aromatic rings. The number of oxazole rings is 1. The molecule has 2 rings (SSSR count). The number of rotatable bonds is 1. The first-order valence-corrected chi connectivity index (χ1v) is 4.20. The van der Waals surface area contributed by atoms with Crippen LogP contribution in [0.4, 0.5) is 4.39 Å². The molecule has 3 nitrogen and oxygen atoms in total. The number of halogens is 1. The topological polar surface area (TPSA) is 49.9 Å². The Kier molecular flexibility index (Phi) is 1.84. The number of aryl methyl sites for hydroxylation is 1. The van der Waals surface area contributed by atoms with Crippen LogP contribution in [0.15, 0.2) is 16.5 Å². The lowest BCUT2D eigenvalue weighted by atomic mass is 10.1. The first-order chi connectivity index (χ1) is 6.58. The molecule has 0 aliphatic rings. The summed E-state index contributed by atoms with van der Waals surface area (Å²) < 4.78 is 18.5. The Hall–Kier alpha value is -1.71. The van der Waals surface area contributed by atoms with Gasteiger partial charge in [0.05, 0.1) is 0 Å². The van der Waals surface area contributed by atoms with Crippen LogP contribution in [0.2, 0.25) is 0 Å². The third-order valence-corrected chi connectivity index (χ3v) is 1.98. The van der Waals surface area contributed by atoms with E-state index in [0.717, 1.165) is 0 Å². The second-order valence-corrected chi connectivity index (χ2v) is 3.16. The molecule has 0 radical (unpaired) electrons. The monoisotopic (exact) mass is 192 g/mol. The van der Waals surface area contributed by atoms with Crippen molar-refractivity contribution in [1.82, 2.24) is 4.98 Å². The number of fused-ring (bicyclic) bond motifs is 1. The van der Waals surface area contributed by atoms with E-state index in [1.165, 1.54) is 6.07 Å². The SMILES string of the molecule is CC(=N)c1cc(F)c2oc(C)nc2c1. The molecular formula is C10H9FN2O. The summed E-state index contributed by atoms with van der Waals surface area (Å²) in [6.45, 7) is 3.27. The van der Waals surface area contributed by atoms with Crippen molar-refractivity contribution in [3.8, 4) is 0 Å². The van der Waals surface area contributed by atoms with Gasteiger partial charge in [0.1, 0.15) is 5.52 Å². The average Bonchev–Trinajstić information content (AvgIpc) is 2.45. The Morgan fingerprint density at radius 3 is 2.86 bits per heavy atom. The lowest BCUT2D eigenvalue weighted by molar-refractivity contribution is 0.528. The van der Waals surface area contributed by atoms with Crippen molar-refractivity contribution in [3.05, 3.63) is 29.4 Å². The van der Waals surface area contributed by atoms with Gasteiger partial charge in [0.15, 0.2) is 17.3 Å². The Labute approximate surface area is 80.1 Å². The predicted octanol–water partition coefficient (Wildman–Crippen LogP) is 2.66. The molecule has 4 heteroatoms. The molecule has 0 unspecified atom stereocenters. The van der Waals surface area contributed by atoms with Crippen LogP contribution in [0.5, 0.6) is 0 Å².